The topological polar surface area (TPSA) is 103 Å². The lowest BCUT2D eigenvalue weighted by molar-refractivity contribution is -0.117. The van der Waals surface area contributed by atoms with Crippen molar-refractivity contribution in [2.75, 3.05) is 5.32 Å². The summed E-state index contributed by atoms with van der Waals surface area (Å²) in [5.41, 5.74) is 8.71. The Kier molecular flexibility index (Phi) is 5.39. The number of nitrogens with one attached hydrogen (secondary N) is 1. The molecule has 0 atom stereocenters. The number of nitrogens with two attached hydrogens (primary N) is 1. The standard InChI is InChI=1S/C20H20FN5O2S/c21-12-6-8-14(9-7-12)26-16-5-3-1-2-4-15(16)18(25-26)19(28)24-20-23-13(11-29-20)10-17(22)27/h6-9,11H,1-5,10H2,(H2,22,27)(H,23,24,28). The Morgan fingerprint density at radius 1 is 1.17 bits per heavy atom. The number of aromatic nitrogens is 3. The van der Waals surface area contributed by atoms with Gasteiger partial charge in [0.2, 0.25) is 5.91 Å². The summed E-state index contributed by atoms with van der Waals surface area (Å²) >= 11 is 1.23. The highest BCUT2D eigenvalue weighted by Gasteiger charge is 2.25. The van der Waals surface area contributed by atoms with E-state index in [9.17, 15) is 14.0 Å². The van der Waals surface area contributed by atoms with E-state index in [4.69, 9.17) is 5.73 Å². The van der Waals surface area contributed by atoms with E-state index in [0.29, 0.717) is 16.5 Å². The van der Waals surface area contributed by atoms with Gasteiger partial charge in [-0.3, -0.25) is 14.9 Å². The maximum atomic E-state index is 13.3. The summed E-state index contributed by atoms with van der Waals surface area (Å²) in [6.07, 6.45) is 4.70. The van der Waals surface area contributed by atoms with Crippen molar-refractivity contribution < 1.29 is 14.0 Å². The predicted octanol–water partition coefficient (Wildman–Crippen LogP) is 3.02. The van der Waals surface area contributed by atoms with Gasteiger partial charge in [-0.2, -0.15) is 5.10 Å². The normalized spacial score (nSPS) is 13.6. The van der Waals surface area contributed by atoms with Crippen LogP contribution in [-0.4, -0.2) is 26.6 Å². The molecule has 2 amide bonds. The second-order valence-corrected chi connectivity index (χ2v) is 7.82. The molecule has 0 spiro atoms. The van der Waals surface area contributed by atoms with E-state index in [1.54, 1.807) is 22.2 Å². The van der Waals surface area contributed by atoms with Crippen molar-refractivity contribution in [3.63, 3.8) is 0 Å². The molecule has 0 unspecified atom stereocenters. The highest BCUT2D eigenvalue weighted by atomic mass is 32.1. The van der Waals surface area contributed by atoms with Crippen LogP contribution in [-0.2, 0) is 24.1 Å². The minimum atomic E-state index is -0.475. The molecule has 29 heavy (non-hydrogen) atoms. The lowest BCUT2D eigenvalue weighted by Gasteiger charge is -2.07. The van der Waals surface area contributed by atoms with Crippen molar-refractivity contribution in [3.05, 3.63) is 58.1 Å². The SMILES string of the molecule is NC(=O)Cc1csc(NC(=O)c2nn(-c3ccc(F)cc3)c3c2CCCCC3)n1. The van der Waals surface area contributed by atoms with Crippen LogP contribution < -0.4 is 11.1 Å². The highest BCUT2D eigenvalue weighted by Crippen LogP contribution is 2.27. The molecule has 3 aromatic rings. The lowest BCUT2D eigenvalue weighted by atomic mass is 10.1. The molecule has 0 bridgehead atoms. The number of halogens is 1. The first-order valence-electron chi connectivity index (χ1n) is 9.42. The van der Waals surface area contributed by atoms with Crippen LogP contribution in [0.2, 0.25) is 0 Å². The monoisotopic (exact) mass is 413 g/mol. The van der Waals surface area contributed by atoms with Gasteiger partial charge in [0, 0.05) is 16.6 Å². The first-order chi connectivity index (χ1) is 14.0. The number of rotatable bonds is 5. The van der Waals surface area contributed by atoms with Gasteiger partial charge in [0.25, 0.3) is 5.91 Å². The molecule has 9 heteroatoms. The molecular formula is C20H20FN5O2S. The van der Waals surface area contributed by atoms with Crippen LogP contribution in [0.4, 0.5) is 9.52 Å². The van der Waals surface area contributed by atoms with Crippen molar-refractivity contribution in [1.82, 2.24) is 14.8 Å². The smallest absolute Gasteiger partial charge is 0.278 e. The second-order valence-electron chi connectivity index (χ2n) is 6.96. The quantitative estimate of drug-likeness (QED) is 0.628. The van der Waals surface area contributed by atoms with Gasteiger partial charge >= 0.3 is 0 Å². The van der Waals surface area contributed by atoms with Gasteiger partial charge in [-0.1, -0.05) is 6.42 Å². The Labute approximate surface area is 170 Å². The molecule has 4 rings (SSSR count). The molecule has 1 aliphatic carbocycles. The van der Waals surface area contributed by atoms with Gasteiger partial charge in [-0.25, -0.2) is 14.1 Å². The minimum Gasteiger partial charge on any atom is -0.369 e. The van der Waals surface area contributed by atoms with Gasteiger partial charge in [0.1, 0.15) is 5.82 Å². The van der Waals surface area contributed by atoms with E-state index in [0.717, 1.165) is 49.0 Å². The van der Waals surface area contributed by atoms with Crippen molar-refractivity contribution in [3.8, 4) is 5.69 Å². The van der Waals surface area contributed by atoms with E-state index in [-0.39, 0.29) is 18.1 Å². The van der Waals surface area contributed by atoms with Crippen molar-refractivity contribution in [1.29, 1.82) is 0 Å². The number of amides is 2. The predicted molar refractivity (Wildman–Crippen MR) is 108 cm³/mol. The van der Waals surface area contributed by atoms with Crippen LogP contribution in [0.25, 0.3) is 5.69 Å². The molecule has 7 nitrogen and oxygen atoms in total. The zero-order valence-electron chi connectivity index (χ0n) is 15.7. The van der Waals surface area contributed by atoms with Gasteiger partial charge in [0.15, 0.2) is 10.8 Å². The number of benzene rings is 1. The Hall–Kier alpha value is -3.07. The molecule has 2 aromatic heterocycles. The summed E-state index contributed by atoms with van der Waals surface area (Å²) in [7, 11) is 0. The molecule has 1 aliphatic rings. The minimum absolute atomic E-state index is 0.0287. The Balaban J connectivity index is 1.65. The number of thiazole rings is 1. The lowest BCUT2D eigenvalue weighted by Crippen LogP contribution is -2.16. The zero-order chi connectivity index (χ0) is 20.4. The van der Waals surface area contributed by atoms with E-state index in [2.05, 4.69) is 15.4 Å². The molecule has 150 valence electrons. The molecule has 0 radical (unpaired) electrons. The van der Waals surface area contributed by atoms with Crippen LogP contribution in [0.5, 0.6) is 0 Å². The average Bonchev–Trinajstić information content (AvgIpc) is 3.18. The molecule has 2 heterocycles. The number of carbonyl (C=O) groups excluding carboxylic acids is 2. The van der Waals surface area contributed by atoms with Crippen molar-refractivity contribution in [2.24, 2.45) is 5.73 Å². The number of nitrogens with zero attached hydrogens (tertiary/aromatic N) is 3. The summed E-state index contributed by atoms with van der Waals surface area (Å²) < 4.78 is 15.1. The maximum Gasteiger partial charge on any atom is 0.278 e. The number of fused-ring (bicyclic) bond motifs is 1. The molecular weight excluding hydrogens is 393 g/mol. The van der Waals surface area contributed by atoms with Gasteiger partial charge in [-0.05, 0) is 49.9 Å². The van der Waals surface area contributed by atoms with Crippen LogP contribution >= 0.6 is 11.3 Å². The summed E-state index contributed by atoms with van der Waals surface area (Å²) in [4.78, 5) is 28.2. The van der Waals surface area contributed by atoms with Gasteiger partial charge < -0.3 is 5.73 Å². The maximum absolute atomic E-state index is 13.3. The first-order valence-corrected chi connectivity index (χ1v) is 10.3. The van der Waals surface area contributed by atoms with E-state index in [1.165, 1.54) is 23.5 Å². The number of hydrogen-bond acceptors (Lipinski definition) is 5. The van der Waals surface area contributed by atoms with Gasteiger partial charge in [0.05, 0.1) is 17.8 Å². The number of anilines is 1. The van der Waals surface area contributed by atoms with E-state index < -0.39 is 5.91 Å². The van der Waals surface area contributed by atoms with Crippen molar-refractivity contribution in [2.45, 2.75) is 38.5 Å². The fourth-order valence-electron chi connectivity index (χ4n) is 3.53. The number of carbonyl (C=O) groups is 2. The zero-order valence-corrected chi connectivity index (χ0v) is 16.5. The van der Waals surface area contributed by atoms with Gasteiger partial charge in [-0.15, -0.1) is 11.3 Å². The third kappa shape index (κ3) is 4.19. The molecule has 0 fully saturated rings. The number of primary amides is 1. The fraction of sp³-hybridized carbons (Fsp3) is 0.300. The Morgan fingerprint density at radius 3 is 2.69 bits per heavy atom. The van der Waals surface area contributed by atoms with E-state index >= 15 is 0 Å². The van der Waals surface area contributed by atoms with Crippen LogP contribution in [0.15, 0.2) is 29.6 Å². The highest BCUT2D eigenvalue weighted by molar-refractivity contribution is 7.14. The summed E-state index contributed by atoms with van der Waals surface area (Å²) in [6.45, 7) is 0. The molecule has 0 saturated heterocycles. The summed E-state index contributed by atoms with van der Waals surface area (Å²) in [5, 5.41) is 9.43. The number of hydrogen-bond donors (Lipinski definition) is 2. The molecule has 0 aliphatic heterocycles. The molecule has 1 aromatic carbocycles. The first kappa shape index (κ1) is 19.3. The van der Waals surface area contributed by atoms with E-state index in [1.807, 2.05) is 0 Å². The molecule has 0 saturated carbocycles. The van der Waals surface area contributed by atoms with Crippen LogP contribution in [0.1, 0.15) is 46.7 Å². The summed E-state index contributed by atoms with van der Waals surface area (Å²) in [5.74, 6) is -1.14. The Morgan fingerprint density at radius 2 is 1.93 bits per heavy atom. The fourth-order valence-corrected chi connectivity index (χ4v) is 4.24. The summed E-state index contributed by atoms with van der Waals surface area (Å²) in [6, 6.07) is 6.09. The Bertz CT molecular complexity index is 1060. The second kappa shape index (κ2) is 8.12. The largest absolute Gasteiger partial charge is 0.369 e. The third-order valence-corrected chi connectivity index (χ3v) is 5.65. The van der Waals surface area contributed by atoms with Crippen LogP contribution in [0.3, 0.4) is 0 Å². The third-order valence-electron chi connectivity index (χ3n) is 4.84. The molecule has 3 N–H and O–H groups in total. The average molecular weight is 413 g/mol. The van der Waals surface area contributed by atoms with Crippen LogP contribution in [0, 0.1) is 5.82 Å². The van der Waals surface area contributed by atoms with Crippen molar-refractivity contribution >= 4 is 28.3 Å².